The van der Waals surface area contributed by atoms with Gasteiger partial charge in [-0.25, -0.2) is 0 Å². The number of thioether (sulfide) groups is 1. The standard InChI is InChI=1S/C13H21NO6S2/c15-6-9-11(17)8(16)5-10(20-9)22-13(21)14-3-1-7(2-4-14)12(18)19/h7-11,15-17H,1-6H2,(H,18,19)/t8-,9?,10+,11-/m1/s1. The molecular weight excluding hydrogens is 330 g/mol. The Labute approximate surface area is 138 Å². The number of thiocarbonyl (C=S) groups is 1. The molecule has 7 nitrogen and oxygen atoms in total. The molecule has 0 aromatic heterocycles. The Morgan fingerprint density at radius 3 is 2.50 bits per heavy atom. The van der Waals surface area contributed by atoms with Gasteiger partial charge >= 0.3 is 5.97 Å². The third kappa shape index (κ3) is 4.30. The molecular formula is C13H21NO6S2. The Morgan fingerprint density at radius 2 is 1.95 bits per heavy atom. The maximum absolute atomic E-state index is 10.9. The monoisotopic (exact) mass is 351 g/mol. The number of aliphatic carboxylic acids is 1. The first-order chi connectivity index (χ1) is 10.4. The van der Waals surface area contributed by atoms with Crippen molar-refractivity contribution in [1.29, 1.82) is 0 Å². The minimum atomic E-state index is -1.10. The molecule has 126 valence electrons. The van der Waals surface area contributed by atoms with E-state index in [9.17, 15) is 15.0 Å². The van der Waals surface area contributed by atoms with E-state index < -0.39 is 29.7 Å². The predicted molar refractivity (Wildman–Crippen MR) is 84.5 cm³/mol. The largest absolute Gasteiger partial charge is 0.481 e. The molecule has 2 aliphatic heterocycles. The molecule has 4 N–H and O–H groups in total. The average molecular weight is 351 g/mol. The summed E-state index contributed by atoms with van der Waals surface area (Å²) in [6.07, 6.45) is -1.52. The van der Waals surface area contributed by atoms with Crippen LogP contribution in [0.1, 0.15) is 19.3 Å². The number of likely N-dealkylation sites (tertiary alicyclic amines) is 1. The van der Waals surface area contributed by atoms with Crippen LogP contribution in [0.2, 0.25) is 0 Å². The number of carboxylic acids is 1. The summed E-state index contributed by atoms with van der Waals surface area (Å²) in [6.45, 7) is 0.806. The van der Waals surface area contributed by atoms with E-state index in [-0.39, 0.29) is 18.9 Å². The highest BCUT2D eigenvalue weighted by Crippen LogP contribution is 2.31. The van der Waals surface area contributed by atoms with E-state index in [1.54, 1.807) is 0 Å². The summed E-state index contributed by atoms with van der Waals surface area (Å²) in [7, 11) is 0. The molecule has 0 aliphatic carbocycles. The van der Waals surface area contributed by atoms with Crippen LogP contribution in [0.5, 0.6) is 0 Å². The van der Waals surface area contributed by atoms with E-state index in [0.717, 1.165) is 0 Å². The first-order valence-corrected chi connectivity index (χ1v) is 8.52. The number of nitrogens with zero attached hydrogens (tertiary/aromatic N) is 1. The second-order valence-corrected chi connectivity index (χ2v) is 7.36. The lowest BCUT2D eigenvalue weighted by Gasteiger charge is -2.38. The van der Waals surface area contributed by atoms with Gasteiger partial charge in [-0.2, -0.15) is 0 Å². The van der Waals surface area contributed by atoms with Crippen LogP contribution < -0.4 is 0 Å². The Kier molecular flexibility index (Phi) is 6.42. The van der Waals surface area contributed by atoms with Gasteiger partial charge in [0.2, 0.25) is 0 Å². The SMILES string of the molecule is O=C(O)C1CCN(C(=S)S[C@H]2C[C@@H](O)[C@@H](O)C(CO)O2)CC1. The van der Waals surface area contributed by atoms with E-state index in [1.807, 2.05) is 4.90 Å². The Morgan fingerprint density at radius 1 is 1.32 bits per heavy atom. The first-order valence-electron chi connectivity index (χ1n) is 7.23. The summed E-state index contributed by atoms with van der Waals surface area (Å²) in [4.78, 5) is 12.9. The number of aliphatic hydroxyl groups is 3. The molecule has 0 amide bonds. The number of hydrogen-bond donors (Lipinski definition) is 4. The van der Waals surface area contributed by atoms with Crippen molar-refractivity contribution in [3.05, 3.63) is 0 Å². The van der Waals surface area contributed by atoms with Crippen molar-refractivity contribution in [3.8, 4) is 0 Å². The smallest absolute Gasteiger partial charge is 0.306 e. The second kappa shape index (κ2) is 7.89. The second-order valence-electron chi connectivity index (χ2n) is 5.56. The fourth-order valence-electron chi connectivity index (χ4n) is 2.64. The molecule has 0 saturated carbocycles. The topological polar surface area (TPSA) is 110 Å². The van der Waals surface area contributed by atoms with Crippen molar-refractivity contribution in [3.63, 3.8) is 0 Å². The van der Waals surface area contributed by atoms with Crippen LogP contribution in [-0.4, -0.2) is 79.1 Å². The van der Waals surface area contributed by atoms with Crippen LogP contribution in [0.25, 0.3) is 0 Å². The van der Waals surface area contributed by atoms with Crippen LogP contribution in [0.3, 0.4) is 0 Å². The molecule has 22 heavy (non-hydrogen) atoms. The van der Waals surface area contributed by atoms with Crippen LogP contribution in [-0.2, 0) is 9.53 Å². The molecule has 4 atom stereocenters. The van der Waals surface area contributed by atoms with Crippen molar-refractivity contribution in [2.75, 3.05) is 19.7 Å². The number of carboxylic acid groups (broad SMARTS) is 1. The zero-order chi connectivity index (χ0) is 16.3. The molecule has 0 aromatic carbocycles. The summed E-state index contributed by atoms with van der Waals surface area (Å²) >= 11 is 6.62. The number of ether oxygens (including phenoxy) is 1. The minimum Gasteiger partial charge on any atom is -0.481 e. The van der Waals surface area contributed by atoms with E-state index in [0.29, 0.717) is 30.3 Å². The molecule has 2 rings (SSSR count). The lowest BCUT2D eigenvalue weighted by Crippen LogP contribution is -2.49. The molecule has 1 unspecified atom stereocenters. The Hall–Kier alpha value is -0.450. The highest BCUT2D eigenvalue weighted by Gasteiger charge is 2.37. The molecule has 0 spiro atoms. The molecule has 9 heteroatoms. The highest BCUT2D eigenvalue weighted by atomic mass is 32.2. The fourth-order valence-corrected chi connectivity index (χ4v) is 4.19. The van der Waals surface area contributed by atoms with Gasteiger partial charge in [0.05, 0.1) is 18.6 Å². The molecule has 0 radical (unpaired) electrons. The highest BCUT2D eigenvalue weighted by molar-refractivity contribution is 8.23. The van der Waals surface area contributed by atoms with Gasteiger partial charge < -0.3 is 30.1 Å². The summed E-state index contributed by atoms with van der Waals surface area (Å²) < 4.78 is 6.13. The third-order valence-corrected chi connectivity index (χ3v) is 5.62. The maximum atomic E-state index is 10.9. The van der Waals surface area contributed by atoms with Crippen molar-refractivity contribution in [2.45, 2.75) is 43.0 Å². The minimum absolute atomic E-state index is 0.230. The lowest BCUT2D eigenvalue weighted by atomic mass is 9.98. The van der Waals surface area contributed by atoms with Crippen LogP contribution in [0.4, 0.5) is 0 Å². The maximum Gasteiger partial charge on any atom is 0.306 e. The summed E-state index contributed by atoms with van der Waals surface area (Å²) in [5.41, 5.74) is -0.430. The number of rotatable bonds is 3. The quantitative estimate of drug-likeness (QED) is 0.506. The van der Waals surface area contributed by atoms with Crippen molar-refractivity contribution >= 4 is 34.3 Å². The van der Waals surface area contributed by atoms with Gasteiger partial charge in [0.1, 0.15) is 22.0 Å². The van der Waals surface area contributed by atoms with Gasteiger partial charge in [0, 0.05) is 19.5 Å². The molecule has 2 heterocycles. The average Bonchev–Trinajstić information content (AvgIpc) is 2.50. The lowest BCUT2D eigenvalue weighted by molar-refractivity contribution is -0.156. The van der Waals surface area contributed by atoms with Crippen molar-refractivity contribution in [2.24, 2.45) is 5.92 Å². The number of piperidine rings is 1. The Balaban J connectivity index is 1.83. The van der Waals surface area contributed by atoms with Gasteiger partial charge in [-0.3, -0.25) is 4.79 Å². The van der Waals surface area contributed by atoms with E-state index in [4.69, 9.17) is 27.2 Å². The van der Waals surface area contributed by atoms with Gasteiger partial charge in [-0.15, -0.1) is 0 Å². The summed E-state index contributed by atoms with van der Waals surface area (Å²) in [5.74, 6) is -1.08. The number of carbonyl (C=O) groups is 1. The van der Waals surface area contributed by atoms with Gasteiger partial charge in [0.25, 0.3) is 0 Å². The van der Waals surface area contributed by atoms with Gasteiger partial charge in [-0.1, -0.05) is 24.0 Å². The zero-order valence-electron chi connectivity index (χ0n) is 12.0. The van der Waals surface area contributed by atoms with Crippen LogP contribution >= 0.6 is 24.0 Å². The summed E-state index contributed by atoms with van der Waals surface area (Å²) in [5, 5.41) is 37.6. The summed E-state index contributed by atoms with van der Waals surface area (Å²) in [6, 6.07) is 0. The molecule has 2 saturated heterocycles. The van der Waals surface area contributed by atoms with E-state index >= 15 is 0 Å². The zero-order valence-corrected chi connectivity index (χ0v) is 13.6. The number of aliphatic hydroxyl groups excluding tert-OH is 3. The van der Waals surface area contributed by atoms with Crippen LogP contribution in [0.15, 0.2) is 0 Å². The van der Waals surface area contributed by atoms with Gasteiger partial charge in [-0.05, 0) is 12.8 Å². The molecule has 2 aliphatic rings. The predicted octanol–water partition coefficient (Wildman–Crippen LogP) is -0.370. The van der Waals surface area contributed by atoms with Gasteiger partial charge in [0.15, 0.2) is 0 Å². The van der Waals surface area contributed by atoms with Crippen molar-refractivity contribution in [1.82, 2.24) is 4.90 Å². The van der Waals surface area contributed by atoms with E-state index in [1.165, 1.54) is 11.8 Å². The van der Waals surface area contributed by atoms with Crippen LogP contribution in [0, 0.1) is 5.92 Å². The fraction of sp³-hybridized carbons (Fsp3) is 0.846. The van der Waals surface area contributed by atoms with E-state index in [2.05, 4.69) is 0 Å². The molecule has 0 bridgehead atoms. The third-order valence-electron chi connectivity index (χ3n) is 4.05. The van der Waals surface area contributed by atoms with Crippen molar-refractivity contribution < 1.29 is 30.0 Å². The molecule has 2 fully saturated rings. The molecule has 0 aromatic rings. The Bertz CT molecular complexity index is 415. The first kappa shape index (κ1) is 17.9. The number of hydrogen-bond acceptors (Lipinski definition) is 7. The normalized spacial score (nSPS) is 33.7.